The fraction of sp³-hybridized carbons (Fsp3) is 0.300. The molecule has 0 spiro atoms. The Morgan fingerprint density at radius 1 is 1.37 bits per heavy atom. The molecule has 0 aromatic heterocycles. The van der Waals surface area contributed by atoms with E-state index in [0.29, 0.717) is 4.47 Å². The van der Waals surface area contributed by atoms with E-state index in [0.717, 1.165) is 0 Å². The number of thiocarbonyl (C=S) groups is 1. The van der Waals surface area contributed by atoms with E-state index < -0.39 is 23.7 Å². The lowest BCUT2D eigenvalue weighted by Crippen LogP contribution is -2.38. The summed E-state index contributed by atoms with van der Waals surface area (Å²) in [5.74, 6) is -2.01. The van der Waals surface area contributed by atoms with Crippen molar-refractivity contribution in [1.29, 1.82) is 0 Å². The quantitative estimate of drug-likeness (QED) is 0.596. The Balaban J connectivity index is 2.86. The number of hydrogen-bond donors (Lipinski definition) is 1. The van der Waals surface area contributed by atoms with E-state index >= 15 is 0 Å². The molecule has 2 N–H and O–H groups in total. The van der Waals surface area contributed by atoms with E-state index in [2.05, 4.69) is 28.1 Å². The lowest BCUT2D eigenvalue weighted by atomic mass is 10.1. The van der Waals surface area contributed by atoms with Crippen LogP contribution in [0.2, 0.25) is 10.0 Å². The van der Waals surface area contributed by atoms with Gasteiger partial charge in [-0.3, -0.25) is 0 Å². The average Bonchev–Trinajstić information content (AvgIpc) is 2.23. The molecule has 0 saturated heterocycles. The van der Waals surface area contributed by atoms with Crippen LogP contribution >= 0.6 is 51.3 Å². The summed E-state index contributed by atoms with van der Waals surface area (Å²) in [6.07, 6.45) is -4.57. The molecule has 0 aliphatic rings. The number of hydrogen-bond acceptors (Lipinski definition) is 2. The van der Waals surface area contributed by atoms with Crippen LogP contribution in [0.15, 0.2) is 16.6 Å². The first-order valence-electron chi connectivity index (χ1n) is 4.76. The summed E-state index contributed by atoms with van der Waals surface area (Å²) in [4.78, 5) is -0.688. The second-order valence-electron chi connectivity index (χ2n) is 3.50. The summed E-state index contributed by atoms with van der Waals surface area (Å²) in [5, 5.41) is 0.387. The first kappa shape index (κ1) is 16.8. The summed E-state index contributed by atoms with van der Waals surface area (Å²) in [7, 11) is 0. The van der Waals surface area contributed by atoms with E-state index in [1.165, 1.54) is 12.1 Å². The molecule has 2 nitrogen and oxygen atoms in total. The molecule has 0 amide bonds. The molecular formula is C10H7BrCl2F3NOS. The van der Waals surface area contributed by atoms with Gasteiger partial charge in [0.25, 0.3) is 0 Å². The largest absolute Gasteiger partial charge is 0.491 e. The summed E-state index contributed by atoms with van der Waals surface area (Å²) in [5.41, 5.74) is 5.04. The second-order valence-corrected chi connectivity index (χ2v) is 5.64. The highest BCUT2D eigenvalue weighted by Crippen LogP contribution is 2.35. The van der Waals surface area contributed by atoms with Crippen molar-refractivity contribution in [2.45, 2.75) is 6.18 Å². The van der Waals surface area contributed by atoms with Gasteiger partial charge in [0.05, 0.1) is 15.0 Å². The summed E-state index contributed by atoms with van der Waals surface area (Å²) in [6, 6.07) is 2.73. The van der Waals surface area contributed by atoms with Crippen LogP contribution in [0.3, 0.4) is 0 Å². The molecule has 1 atom stereocenters. The minimum Gasteiger partial charge on any atom is -0.491 e. The van der Waals surface area contributed by atoms with Crippen molar-refractivity contribution >= 4 is 56.3 Å². The SMILES string of the molecule is NC(=S)C(COc1cc(Cl)c(Br)cc1Cl)C(F)(F)F. The van der Waals surface area contributed by atoms with Crippen molar-refractivity contribution in [2.24, 2.45) is 11.7 Å². The Morgan fingerprint density at radius 3 is 2.42 bits per heavy atom. The standard InChI is InChI=1S/C10H7BrCl2F3NOS/c11-5-1-7(13)8(2-6(5)12)18-3-4(9(17)19)10(14,15)16/h1-2,4H,3H2,(H2,17,19). The Kier molecular flexibility index (Phi) is 5.73. The van der Waals surface area contributed by atoms with E-state index in [9.17, 15) is 13.2 Å². The Bertz CT molecular complexity index is 498. The van der Waals surface area contributed by atoms with Gasteiger partial charge in [0, 0.05) is 10.5 Å². The van der Waals surface area contributed by atoms with Crippen LogP contribution in [0.5, 0.6) is 5.75 Å². The predicted molar refractivity (Wildman–Crippen MR) is 76.0 cm³/mol. The molecule has 0 fully saturated rings. The van der Waals surface area contributed by atoms with Gasteiger partial charge >= 0.3 is 6.18 Å². The van der Waals surface area contributed by atoms with E-state index in [-0.39, 0.29) is 15.8 Å². The highest BCUT2D eigenvalue weighted by molar-refractivity contribution is 9.10. The number of ether oxygens (including phenoxy) is 1. The topological polar surface area (TPSA) is 35.2 Å². The number of halogens is 6. The van der Waals surface area contributed by atoms with Gasteiger partial charge < -0.3 is 10.5 Å². The third kappa shape index (κ3) is 4.66. The fourth-order valence-corrected chi connectivity index (χ4v) is 2.17. The smallest absolute Gasteiger partial charge is 0.401 e. The molecule has 106 valence electrons. The van der Waals surface area contributed by atoms with Crippen LogP contribution in [0, 0.1) is 5.92 Å². The maximum Gasteiger partial charge on any atom is 0.401 e. The van der Waals surface area contributed by atoms with Crippen molar-refractivity contribution in [3.05, 3.63) is 26.7 Å². The molecule has 1 unspecified atom stereocenters. The van der Waals surface area contributed by atoms with E-state index in [1.54, 1.807) is 0 Å². The van der Waals surface area contributed by atoms with Gasteiger partial charge in [0.15, 0.2) is 0 Å². The third-order valence-corrected chi connectivity index (χ3v) is 3.90. The number of alkyl halides is 3. The Morgan fingerprint density at radius 2 is 1.95 bits per heavy atom. The van der Waals surface area contributed by atoms with Gasteiger partial charge in [0.1, 0.15) is 18.3 Å². The van der Waals surface area contributed by atoms with Crippen molar-refractivity contribution < 1.29 is 17.9 Å². The number of nitrogens with two attached hydrogens (primary N) is 1. The predicted octanol–water partition coefficient (Wildman–Crippen LogP) is 4.60. The first-order valence-corrected chi connectivity index (χ1v) is 6.72. The van der Waals surface area contributed by atoms with Crippen molar-refractivity contribution in [2.75, 3.05) is 6.61 Å². The lowest BCUT2D eigenvalue weighted by molar-refractivity contribution is -0.161. The highest BCUT2D eigenvalue weighted by Gasteiger charge is 2.42. The van der Waals surface area contributed by atoms with Crippen LogP contribution in [0.1, 0.15) is 0 Å². The molecule has 19 heavy (non-hydrogen) atoms. The van der Waals surface area contributed by atoms with Gasteiger partial charge in [-0.15, -0.1) is 0 Å². The molecule has 0 radical (unpaired) electrons. The van der Waals surface area contributed by atoms with Crippen molar-refractivity contribution in [3.8, 4) is 5.75 Å². The summed E-state index contributed by atoms with van der Waals surface area (Å²) in [6.45, 7) is -0.753. The van der Waals surface area contributed by atoms with Gasteiger partial charge in [-0.25, -0.2) is 0 Å². The Labute approximate surface area is 131 Å². The van der Waals surface area contributed by atoms with Crippen LogP contribution in [0.4, 0.5) is 13.2 Å². The summed E-state index contributed by atoms with van der Waals surface area (Å²) < 4.78 is 43.3. The van der Waals surface area contributed by atoms with Gasteiger partial charge in [-0.1, -0.05) is 35.4 Å². The maximum absolute atomic E-state index is 12.6. The van der Waals surface area contributed by atoms with Gasteiger partial charge in [0.2, 0.25) is 0 Å². The first-order chi connectivity index (χ1) is 8.62. The molecule has 0 bridgehead atoms. The molecular weight excluding hydrogens is 390 g/mol. The zero-order chi connectivity index (χ0) is 14.8. The lowest BCUT2D eigenvalue weighted by Gasteiger charge is -2.19. The zero-order valence-electron chi connectivity index (χ0n) is 9.10. The third-order valence-electron chi connectivity index (χ3n) is 2.12. The molecule has 1 aromatic rings. The van der Waals surface area contributed by atoms with E-state index in [4.69, 9.17) is 33.7 Å². The highest BCUT2D eigenvalue weighted by atomic mass is 79.9. The summed E-state index contributed by atoms with van der Waals surface area (Å²) >= 11 is 19.1. The van der Waals surface area contributed by atoms with Crippen LogP contribution < -0.4 is 10.5 Å². The molecule has 0 heterocycles. The monoisotopic (exact) mass is 395 g/mol. The van der Waals surface area contributed by atoms with Gasteiger partial charge in [-0.05, 0) is 22.0 Å². The molecule has 0 saturated carbocycles. The van der Waals surface area contributed by atoms with Crippen molar-refractivity contribution in [3.63, 3.8) is 0 Å². The van der Waals surface area contributed by atoms with Crippen LogP contribution in [-0.4, -0.2) is 17.8 Å². The minimum atomic E-state index is -4.57. The number of rotatable bonds is 4. The minimum absolute atomic E-state index is 0.0281. The molecule has 9 heteroatoms. The molecule has 1 aromatic carbocycles. The van der Waals surface area contributed by atoms with E-state index in [1.807, 2.05) is 0 Å². The van der Waals surface area contributed by atoms with Crippen LogP contribution in [0.25, 0.3) is 0 Å². The molecule has 0 aliphatic carbocycles. The van der Waals surface area contributed by atoms with Crippen LogP contribution in [-0.2, 0) is 0 Å². The Hall–Kier alpha value is -0.240. The molecule has 1 rings (SSSR count). The average molecular weight is 397 g/mol. The maximum atomic E-state index is 12.6. The molecule has 0 aliphatic heterocycles. The normalized spacial score (nSPS) is 13.2. The second kappa shape index (κ2) is 6.47. The zero-order valence-corrected chi connectivity index (χ0v) is 13.0. The van der Waals surface area contributed by atoms with Gasteiger partial charge in [-0.2, -0.15) is 13.2 Å². The van der Waals surface area contributed by atoms with Crippen molar-refractivity contribution in [1.82, 2.24) is 0 Å². The number of benzene rings is 1. The fourth-order valence-electron chi connectivity index (χ4n) is 1.13.